The number of hydrogen-bond donors (Lipinski definition) is 2. The summed E-state index contributed by atoms with van der Waals surface area (Å²) < 4.78 is 1.77. The van der Waals surface area contributed by atoms with Crippen LogP contribution in [0.2, 0.25) is 10.0 Å². The van der Waals surface area contributed by atoms with Gasteiger partial charge in [-0.3, -0.25) is 9.59 Å². The predicted octanol–water partition coefficient (Wildman–Crippen LogP) is 5.24. The Kier molecular flexibility index (Phi) is 6.20. The fourth-order valence-electron chi connectivity index (χ4n) is 3.50. The van der Waals surface area contributed by atoms with Crippen molar-refractivity contribution in [3.8, 4) is 0 Å². The summed E-state index contributed by atoms with van der Waals surface area (Å²) in [5.41, 5.74) is 2.94. The lowest BCUT2D eigenvalue weighted by Gasteiger charge is -2.17. The summed E-state index contributed by atoms with van der Waals surface area (Å²) in [4.78, 5) is 24.1. The van der Waals surface area contributed by atoms with Gasteiger partial charge in [0.05, 0.1) is 16.0 Å². The Hall–Kier alpha value is -2.50. The molecule has 2 aromatic carbocycles. The molecule has 5 nitrogen and oxygen atoms in total. The largest absolute Gasteiger partial charge is 0.481 e. The van der Waals surface area contributed by atoms with Crippen molar-refractivity contribution < 1.29 is 14.7 Å². The van der Waals surface area contributed by atoms with Gasteiger partial charge in [-0.1, -0.05) is 61.3 Å². The zero-order chi connectivity index (χ0) is 21.3. The van der Waals surface area contributed by atoms with Crippen LogP contribution < -0.4 is 5.32 Å². The number of rotatable bonds is 6. The van der Waals surface area contributed by atoms with Crippen LogP contribution in [0.1, 0.15) is 41.4 Å². The molecular weight excluding hydrogens is 411 g/mol. The molecule has 0 fully saturated rings. The smallest absolute Gasteiger partial charge is 0.311 e. The van der Waals surface area contributed by atoms with Crippen LogP contribution in [0, 0.1) is 5.92 Å². The molecule has 1 heterocycles. The minimum absolute atomic E-state index is 0.00939. The Bertz CT molecular complexity index is 1070. The standard InChI is InChI=1S/C22H22Cl2N2O3/c1-12(2)19(22(28)29)14-6-4-13(5-7-14)11-25-21(27)18-10-15-17(26(18)3)9-8-16(23)20(15)24/h4-10,12,19H,11H2,1-3H3,(H,25,27)(H,28,29). The third-order valence-electron chi connectivity index (χ3n) is 5.07. The highest BCUT2D eigenvalue weighted by Gasteiger charge is 2.23. The number of hydrogen-bond acceptors (Lipinski definition) is 2. The molecule has 152 valence electrons. The van der Waals surface area contributed by atoms with Gasteiger partial charge < -0.3 is 15.0 Å². The normalized spacial score (nSPS) is 12.3. The van der Waals surface area contributed by atoms with Crippen molar-refractivity contribution in [1.29, 1.82) is 0 Å². The second kappa shape index (κ2) is 8.47. The van der Waals surface area contributed by atoms with Gasteiger partial charge in [0.2, 0.25) is 0 Å². The van der Waals surface area contributed by atoms with Gasteiger partial charge in [0, 0.05) is 24.5 Å². The third-order valence-corrected chi connectivity index (χ3v) is 5.89. The van der Waals surface area contributed by atoms with E-state index in [2.05, 4.69) is 5.32 Å². The molecule has 29 heavy (non-hydrogen) atoms. The molecule has 3 aromatic rings. The third kappa shape index (κ3) is 4.26. The van der Waals surface area contributed by atoms with Crippen molar-refractivity contribution in [2.24, 2.45) is 13.0 Å². The summed E-state index contributed by atoms with van der Waals surface area (Å²) in [5, 5.41) is 13.9. The van der Waals surface area contributed by atoms with Crippen molar-refractivity contribution in [2.75, 3.05) is 0 Å². The lowest BCUT2D eigenvalue weighted by Crippen LogP contribution is -2.25. The number of carbonyl (C=O) groups is 2. The molecule has 0 aliphatic heterocycles. The number of amides is 1. The molecule has 1 unspecified atom stereocenters. The second-order valence-electron chi connectivity index (χ2n) is 7.37. The highest BCUT2D eigenvalue weighted by atomic mass is 35.5. The van der Waals surface area contributed by atoms with Gasteiger partial charge in [-0.15, -0.1) is 0 Å². The summed E-state index contributed by atoms with van der Waals surface area (Å²) in [5.74, 6) is -1.63. The second-order valence-corrected chi connectivity index (χ2v) is 8.15. The summed E-state index contributed by atoms with van der Waals surface area (Å²) in [6.07, 6.45) is 0. The molecule has 0 radical (unpaired) electrons. The number of aryl methyl sites for hydroxylation is 1. The fraction of sp³-hybridized carbons (Fsp3) is 0.273. The molecule has 0 spiro atoms. The molecule has 0 saturated carbocycles. The van der Waals surface area contributed by atoms with E-state index in [-0.39, 0.29) is 11.8 Å². The number of benzene rings is 2. The first-order valence-electron chi connectivity index (χ1n) is 9.24. The lowest BCUT2D eigenvalue weighted by atomic mass is 9.88. The first-order valence-corrected chi connectivity index (χ1v) is 9.99. The molecule has 7 heteroatoms. The van der Waals surface area contributed by atoms with Crippen molar-refractivity contribution in [3.05, 3.63) is 69.3 Å². The van der Waals surface area contributed by atoms with Gasteiger partial charge in [-0.2, -0.15) is 0 Å². The minimum Gasteiger partial charge on any atom is -0.481 e. The fourth-order valence-corrected chi connectivity index (χ4v) is 3.87. The summed E-state index contributed by atoms with van der Waals surface area (Å²) in [7, 11) is 1.80. The quantitative estimate of drug-likeness (QED) is 0.559. The highest BCUT2D eigenvalue weighted by molar-refractivity contribution is 6.45. The zero-order valence-corrected chi connectivity index (χ0v) is 17.9. The molecule has 0 aliphatic rings. The van der Waals surface area contributed by atoms with E-state index in [4.69, 9.17) is 23.2 Å². The molecule has 0 bridgehead atoms. The number of aromatic nitrogens is 1. The Morgan fingerprint density at radius 2 is 1.76 bits per heavy atom. The van der Waals surface area contributed by atoms with E-state index in [1.807, 2.05) is 32.0 Å². The van der Waals surface area contributed by atoms with Gasteiger partial charge in [0.1, 0.15) is 5.69 Å². The molecule has 0 aliphatic carbocycles. The van der Waals surface area contributed by atoms with Crippen molar-refractivity contribution in [2.45, 2.75) is 26.3 Å². The van der Waals surface area contributed by atoms with E-state index in [0.717, 1.165) is 22.0 Å². The number of aliphatic carboxylic acids is 1. The van der Waals surface area contributed by atoms with Gasteiger partial charge in [0.15, 0.2) is 0 Å². The average Bonchev–Trinajstić information content (AvgIpc) is 3.01. The van der Waals surface area contributed by atoms with Crippen molar-refractivity contribution in [3.63, 3.8) is 0 Å². The number of nitrogens with zero attached hydrogens (tertiary/aromatic N) is 1. The maximum atomic E-state index is 12.7. The van der Waals surface area contributed by atoms with Crippen LogP contribution in [-0.2, 0) is 18.4 Å². The number of carboxylic acid groups (broad SMARTS) is 1. The van der Waals surface area contributed by atoms with Crippen LogP contribution in [0.15, 0.2) is 42.5 Å². The molecule has 1 atom stereocenters. The van der Waals surface area contributed by atoms with Crippen LogP contribution >= 0.6 is 23.2 Å². The van der Waals surface area contributed by atoms with Crippen molar-refractivity contribution >= 4 is 46.0 Å². The van der Waals surface area contributed by atoms with Crippen LogP contribution in [0.3, 0.4) is 0 Å². The molecule has 1 amide bonds. The molecule has 1 aromatic heterocycles. The minimum atomic E-state index is -0.837. The van der Waals surface area contributed by atoms with E-state index in [0.29, 0.717) is 22.3 Å². The predicted molar refractivity (Wildman–Crippen MR) is 116 cm³/mol. The van der Waals surface area contributed by atoms with E-state index < -0.39 is 11.9 Å². The first kappa shape index (κ1) is 21.2. The Morgan fingerprint density at radius 1 is 1.10 bits per heavy atom. The number of nitrogens with one attached hydrogen (secondary N) is 1. The summed E-state index contributed by atoms with van der Waals surface area (Å²) in [6, 6.07) is 12.5. The number of fused-ring (bicyclic) bond motifs is 1. The lowest BCUT2D eigenvalue weighted by molar-refractivity contribution is -0.139. The van der Waals surface area contributed by atoms with Crippen LogP contribution in [0.25, 0.3) is 10.9 Å². The molecule has 0 saturated heterocycles. The number of halogens is 2. The van der Waals surface area contributed by atoms with E-state index in [1.165, 1.54) is 0 Å². The van der Waals surface area contributed by atoms with Crippen LogP contribution in [-0.4, -0.2) is 21.6 Å². The van der Waals surface area contributed by atoms with Gasteiger partial charge in [-0.25, -0.2) is 0 Å². The van der Waals surface area contributed by atoms with Crippen molar-refractivity contribution in [1.82, 2.24) is 9.88 Å². The number of carboxylic acids is 1. The van der Waals surface area contributed by atoms with Crippen LogP contribution in [0.5, 0.6) is 0 Å². The maximum Gasteiger partial charge on any atom is 0.311 e. The van der Waals surface area contributed by atoms with E-state index in [9.17, 15) is 14.7 Å². The van der Waals surface area contributed by atoms with Gasteiger partial charge in [0.25, 0.3) is 5.91 Å². The monoisotopic (exact) mass is 432 g/mol. The summed E-state index contributed by atoms with van der Waals surface area (Å²) in [6.45, 7) is 4.10. The molecule has 3 rings (SSSR count). The zero-order valence-electron chi connectivity index (χ0n) is 16.4. The van der Waals surface area contributed by atoms with E-state index >= 15 is 0 Å². The Morgan fingerprint density at radius 3 is 2.34 bits per heavy atom. The molecule has 2 N–H and O–H groups in total. The molecular formula is C22H22Cl2N2O3. The number of carbonyl (C=O) groups excluding carboxylic acids is 1. The summed E-state index contributed by atoms with van der Waals surface area (Å²) >= 11 is 12.3. The average molecular weight is 433 g/mol. The first-order chi connectivity index (χ1) is 13.7. The van der Waals surface area contributed by atoms with Crippen LogP contribution in [0.4, 0.5) is 0 Å². The van der Waals surface area contributed by atoms with Gasteiger partial charge in [-0.05, 0) is 35.2 Å². The Balaban J connectivity index is 1.74. The Labute approximate surface area is 179 Å². The van der Waals surface area contributed by atoms with Gasteiger partial charge >= 0.3 is 5.97 Å². The maximum absolute atomic E-state index is 12.7. The topological polar surface area (TPSA) is 71.3 Å². The van der Waals surface area contributed by atoms with E-state index in [1.54, 1.807) is 35.9 Å². The highest BCUT2D eigenvalue weighted by Crippen LogP contribution is 2.32. The SMILES string of the molecule is CC(C)C(C(=O)O)c1ccc(CNC(=O)c2cc3c(Cl)c(Cl)ccc3n2C)cc1.